The Bertz CT molecular complexity index is 1170. The second kappa shape index (κ2) is 10.4. The van der Waals surface area contributed by atoms with Gasteiger partial charge in [-0.2, -0.15) is 13.2 Å². The number of alkyl halides is 3. The molecule has 1 aromatic carbocycles. The van der Waals surface area contributed by atoms with Crippen LogP contribution in [0.15, 0.2) is 30.3 Å². The third kappa shape index (κ3) is 7.68. The summed E-state index contributed by atoms with van der Waals surface area (Å²) in [5.74, 6) is -3.10. The number of halogens is 5. The van der Waals surface area contributed by atoms with E-state index in [1.54, 1.807) is 18.6 Å². The summed E-state index contributed by atoms with van der Waals surface area (Å²) in [5, 5.41) is 5.25. The van der Waals surface area contributed by atoms with Gasteiger partial charge in [-0.1, -0.05) is 0 Å². The molecule has 0 radical (unpaired) electrons. The van der Waals surface area contributed by atoms with E-state index in [1.165, 1.54) is 13.0 Å². The number of rotatable bonds is 8. The first kappa shape index (κ1) is 27.0. The van der Waals surface area contributed by atoms with Gasteiger partial charge in [0.15, 0.2) is 11.6 Å². The van der Waals surface area contributed by atoms with Crippen LogP contribution in [0.1, 0.15) is 43.6 Å². The Labute approximate surface area is 193 Å². The normalized spacial score (nSPS) is 13.2. The molecule has 0 spiro atoms. The molecule has 0 bridgehead atoms. The summed E-state index contributed by atoms with van der Waals surface area (Å²) in [6.45, 7) is 4.85. The van der Waals surface area contributed by atoms with E-state index in [0.29, 0.717) is 0 Å². The smallest absolute Gasteiger partial charge is 0.367 e. The van der Waals surface area contributed by atoms with Crippen molar-refractivity contribution in [2.45, 2.75) is 39.0 Å². The third-order valence-electron chi connectivity index (χ3n) is 4.27. The van der Waals surface area contributed by atoms with Gasteiger partial charge in [0.1, 0.15) is 17.2 Å². The highest BCUT2D eigenvalue weighted by atomic mass is 32.2. The number of amides is 1. The molecule has 1 aromatic heterocycles. The van der Waals surface area contributed by atoms with Crippen molar-refractivity contribution in [3.63, 3.8) is 0 Å². The number of nitrogens with zero attached hydrogens (tertiary/aromatic N) is 1. The lowest BCUT2D eigenvalue weighted by Crippen LogP contribution is -2.25. The Morgan fingerprint density at radius 2 is 1.68 bits per heavy atom. The maximum Gasteiger partial charge on any atom is 0.433 e. The van der Waals surface area contributed by atoms with E-state index < -0.39 is 51.2 Å². The third-order valence-corrected chi connectivity index (χ3v) is 4.84. The average Bonchev–Trinajstić information content (AvgIpc) is 2.67. The first-order chi connectivity index (χ1) is 15.6. The van der Waals surface area contributed by atoms with Crippen LogP contribution in [0.4, 0.5) is 33.5 Å². The van der Waals surface area contributed by atoms with E-state index in [4.69, 9.17) is 0 Å². The topological polar surface area (TPSA) is 100 Å². The lowest BCUT2D eigenvalue weighted by Gasteiger charge is -2.16. The molecule has 0 aliphatic carbocycles. The number of benzene rings is 1. The second-order valence-electron chi connectivity index (χ2n) is 7.73. The minimum Gasteiger partial charge on any atom is -0.367 e. The van der Waals surface area contributed by atoms with E-state index in [2.05, 4.69) is 15.6 Å². The molecule has 2 aromatic rings. The minimum absolute atomic E-state index is 0.0224. The summed E-state index contributed by atoms with van der Waals surface area (Å²) < 4.78 is 91.5. The van der Waals surface area contributed by atoms with Gasteiger partial charge in [-0.15, -0.1) is 0 Å². The SMILES string of the molecule is CC(C)Nc1nc(C(F)(F)F)ccc1/C=C\C(=O)N[C@H](C)c1cc(F)c(NS(C)(=O)=O)c(F)c1. The van der Waals surface area contributed by atoms with Crippen LogP contribution < -0.4 is 15.4 Å². The number of carbonyl (C=O) groups is 1. The van der Waals surface area contributed by atoms with E-state index in [0.717, 1.165) is 36.6 Å². The highest BCUT2D eigenvalue weighted by Crippen LogP contribution is 2.30. The molecule has 0 fully saturated rings. The van der Waals surface area contributed by atoms with Crippen LogP contribution in [0, 0.1) is 11.6 Å². The van der Waals surface area contributed by atoms with Crippen LogP contribution in [-0.4, -0.2) is 31.6 Å². The lowest BCUT2D eigenvalue weighted by molar-refractivity contribution is -0.141. The van der Waals surface area contributed by atoms with Gasteiger partial charge in [0.25, 0.3) is 0 Å². The zero-order chi connectivity index (χ0) is 25.8. The minimum atomic E-state index is -4.64. The molecule has 3 N–H and O–H groups in total. The first-order valence-corrected chi connectivity index (χ1v) is 11.8. The van der Waals surface area contributed by atoms with Crippen LogP contribution in [0.2, 0.25) is 0 Å². The summed E-state index contributed by atoms with van der Waals surface area (Å²) in [7, 11) is -3.91. The van der Waals surface area contributed by atoms with E-state index in [1.807, 2.05) is 0 Å². The maximum absolute atomic E-state index is 14.2. The molecule has 34 heavy (non-hydrogen) atoms. The van der Waals surface area contributed by atoms with Crippen molar-refractivity contribution in [1.29, 1.82) is 0 Å². The van der Waals surface area contributed by atoms with Gasteiger partial charge in [-0.25, -0.2) is 22.2 Å². The Kier molecular flexibility index (Phi) is 8.24. The zero-order valence-corrected chi connectivity index (χ0v) is 19.4. The molecule has 1 amide bonds. The maximum atomic E-state index is 14.2. The zero-order valence-electron chi connectivity index (χ0n) is 18.6. The van der Waals surface area contributed by atoms with Gasteiger partial charge < -0.3 is 10.6 Å². The van der Waals surface area contributed by atoms with Crippen LogP contribution >= 0.6 is 0 Å². The van der Waals surface area contributed by atoms with Crippen LogP contribution in [0.3, 0.4) is 0 Å². The fourth-order valence-corrected chi connectivity index (χ4v) is 3.35. The number of carbonyl (C=O) groups excluding carboxylic acids is 1. The molecule has 0 aliphatic heterocycles. The van der Waals surface area contributed by atoms with Crippen LogP contribution in [0.25, 0.3) is 6.08 Å². The van der Waals surface area contributed by atoms with Crippen molar-refractivity contribution in [2.75, 3.05) is 16.3 Å². The van der Waals surface area contributed by atoms with Crippen molar-refractivity contribution in [1.82, 2.24) is 10.3 Å². The van der Waals surface area contributed by atoms with Crippen molar-refractivity contribution >= 4 is 33.5 Å². The average molecular weight is 506 g/mol. The molecule has 13 heteroatoms. The molecule has 186 valence electrons. The fraction of sp³-hybridized carbons (Fsp3) is 0.333. The summed E-state index contributed by atoms with van der Waals surface area (Å²) in [6, 6.07) is 2.56. The van der Waals surface area contributed by atoms with Crippen molar-refractivity contribution in [3.8, 4) is 0 Å². The molecule has 7 nitrogen and oxygen atoms in total. The van der Waals surface area contributed by atoms with Gasteiger partial charge in [-0.05, 0) is 56.7 Å². The van der Waals surface area contributed by atoms with Crippen LogP contribution in [0.5, 0.6) is 0 Å². The van der Waals surface area contributed by atoms with E-state index in [9.17, 15) is 35.2 Å². The van der Waals surface area contributed by atoms with Crippen molar-refractivity contribution < 1.29 is 35.2 Å². The fourth-order valence-electron chi connectivity index (χ4n) is 2.79. The highest BCUT2D eigenvalue weighted by Gasteiger charge is 2.33. The Balaban J connectivity index is 2.20. The van der Waals surface area contributed by atoms with E-state index in [-0.39, 0.29) is 23.0 Å². The number of hydrogen-bond acceptors (Lipinski definition) is 5. The molecule has 0 unspecified atom stereocenters. The monoisotopic (exact) mass is 506 g/mol. The molecular formula is C21H23F5N4O3S. The molecule has 0 saturated heterocycles. The van der Waals surface area contributed by atoms with Crippen molar-refractivity contribution in [2.24, 2.45) is 0 Å². The number of pyridine rings is 1. The Morgan fingerprint density at radius 1 is 1.09 bits per heavy atom. The summed E-state index contributed by atoms with van der Waals surface area (Å²) >= 11 is 0. The number of aromatic nitrogens is 1. The van der Waals surface area contributed by atoms with Crippen molar-refractivity contribution in [3.05, 3.63) is 58.8 Å². The number of nitrogens with one attached hydrogen (secondary N) is 3. The van der Waals surface area contributed by atoms with Gasteiger partial charge in [0, 0.05) is 17.7 Å². The molecule has 1 atom stereocenters. The lowest BCUT2D eigenvalue weighted by atomic mass is 10.1. The Hall–Kier alpha value is -3.22. The quantitative estimate of drug-likeness (QED) is 0.363. The summed E-state index contributed by atoms with van der Waals surface area (Å²) in [6.07, 6.45) is -1.61. The summed E-state index contributed by atoms with van der Waals surface area (Å²) in [5.41, 5.74) is -1.69. The molecule has 0 aliphatic rings. The predicted octanol–water partition coefficient (Wildman–Crippen LogP) is 4.46. The van der Waals surface area contributed by atoms with E-state index >= 15 is 0 Å². The van der Waals surface area contributed by atoms with Gasteiger partial charge in [0.2, 0.25) is 15.9 Å². The van der Waals surface area contributed by atoms with Crippen LogP contribution in [-0.2, 0) is 21.0 Å². The number of hydrogen-bond donors (Lipinski definition) is 3. The largest absolute Gasteiger partial charge is 0.433 e. The molecular weight excluding hydrogens is 483 g/mol. The first-order valence-electron chi connectivity index (χ1n) is 9.87. The number of sulfonamides is 1. The number of anilines is 2. The van der Waals surface area contributed by atoms with Gasteiger partial charge in [0.05, 0.1) is 12.3 Å². The molecule has 0 saturated carbocycles. The second-order valence-corrected chi connectivity index (χ2v) is 9.48. The molecule has 1 heterocycles. The Morgan fingerprint density at radius 3 is 2.18 bits per heavy atom. The predicted molar refractivity (Wildman–Crippen MR) is 118 cm³/mol. The molecule has 2 rings (SSSR count). The highest BCUT2D eigenvalue weighted by molar-refractivity contribution is 7.92. The summed E-state index contributed by atoms with van der Waals surface area (Å²) in [4.78, 5) is 15.9. The van der Waals surface area contributed by atoms with Gasteiger partial charge >= 0.3 is 6.18 Å². The van der Waals surface area contributed by atoms with Gasteiger partial charge in [-0.3, -0.25) is 9.52 Å². The standard InChI is InChI=1S/C21H23F5N4O3S/c1-11(2)27-20-13(5-7-17(29-20)21(24,25)26)6-8-18(31)28-12(3)14-9-15(22)19(16(23)10-14)30-34(4,32)33/h5-12,30H,1-4H3,(H,27,29)(H,28,31)/b8-6-/t12-/m1/s1.